The van der Waals surface area contributed by atoms with E-state index in [2.05, 4.69) is 11.6 Å². The fourth-order valence-electron chi connectivity index (χ4n) is 1.12. The molecule has 13 heavy (non-hydrogen) atoms. The van der Waals surface area contributed by atoms with Crippen molar-refractivity contribution in [2.75, 3.05) is 6.61 Å². The number of nitrogens with zero attached hydrogens (tertiary/aromatic N) is 1. The lowest BCUT2D eigenvalue weighted by Gasteiger charge is -2.15. The third-order valence-corrected chi connectivity index (χ3v) is 1.73. The zero-order chi connectivity index (χ0) is 9.84. The molecule has 0 aliphatic carbocycles. The Bertz CT molecular complexity index is 247. The van der Waals surface area contributed by atoms with Gasteiger partial charge in [0.25, 0.3) is 0 Å². The summed E-state index contributed by atoms with van der Waals surface area (Å²) in [6.07, 6.45) is 0.917. The lowest BCUT2D eigenvalue weighted by atomic mass is 10.1. The Kier molecular flexibility index (Phi) is 3.06. The number of ether oxygens (including phenoxy) is 2. The van der Waals surface area contributed by atoms with E-state index in [0.717, 1.165) is 5.57 Å². The Hall–Kier alpha value is -1.32. The monoisotopic (exact) mass is 183 g/mol. The second-order valence-electron chi connectivity index (χ2n) is 2.85. The van der Waals surface area contributed by atoms with Crippen LogP contribution in [0.5, 0.6) is 0 Å². The van der Waals surface area contributed by atoms with E-state index < -0.39 is 6.04 Å². The summed E-state index contributed by atoms with van der Waals surface area (Å²) in [5.41, 5.74) is 0.774. The van der Waals surface area contributed by atoms with Crippen molar-refractivity contribution in [3.63, 3.8) is 0 Å². The van der Waals surface area contributed by atoms with E-state index in [9.17, 15) is 4.79 Å². The summed E-state index contributed by atoms with van der Waals surface area (Å²) in [7, 11) is 0. The van der Waals surface area contributed by atoms with Crippen molar-refractivity contribution in [2.45, 2.75) is 26.0 Å². The van der Waals surface area contributed by atoms with Crippen LogP contribution in [0.3, 0.4) is 0 Å². The van der Waals surface area contributed by atoms with Crippen LogP contribution in [0, 0.1) is 0 Å². The summed E-state index contributed by atoms with van der Waals surface area (Å²) in [5.74, 6) is -0.357. The minimum Gasteiger partial charge on any atom is -0.473 e. The van der Waals surface area contributed by atoms with Crippen LogP contribution < -0.4 is 0 Å². The first kappa shape index (κ1) is 9.77. The Morgan fingerprint density at radius 1 is 1.77 bits per heavy atom. The molecule has 0 saturated heterocycles. The van der Waals surface area contributed by atoms with E-state index in [1.165, 1.54) is 6.40 Å². The Balaban J connectivity index is 2.62. The summed E-state index contributed by atoms with van der Waals surface area (Å²) in [5, 5.41) is 0. The van der Waals surface area contributed by atoms with Crippen molar-refractivity contribution in [1.82, 2.24) is 0 Å². The number of carbonyl (C=O) groups is 1. The second-order valence-corrected chi connectivity index (χ2v) is 2.85. The molecule has 0 unspecified atom stereocenters. The van der Waals surface area contributed by atoms with E-state index in [1.54, 1.807) is 13.8 Å². The van der Waals surface area contributed by atoms with E-state index in [1.807, 2.05) is 0 Å². The second kappa shape index (κ2) is 4.07. The van der Waals surface area contributed by atoms with Crippen molar-refractivity contribution < 1.29 is 14.3 Å². The van der Waals surface area contributed by atoms with E-state index >= 15 is 0 Å². The first-order chi connectivity index (χ1) is 6.16. The van der Waals surface area contributed by atoms with Gasteiger partial charge in [0.05, 0.1) is 6.61 Å². The zero-order valence-corrected chi connectivity index (χ0v) is 7.82. The summed E-state index contributed by atoms with van der Waals surface area (Å²) in [6.45, 7) is 7.63. The maximum absolute atomic E-state index is 11.3. The minimum atomic E-state index is -0.572. The zero-order valence-electron chi connectivity index (χ0n) is 7.82. The van der Waals surface area contributed by atoms with Crippen LogP contribution in [-0.2, 0) is 14.3 Å². The summed E-state index contributed by atoms with van der Waals surface area (Å²) >= 11 is 0. The van der Waals surface area contributed by atoms with Crippen molar-refractivity contribution in [3.05, 3.63) is 12.2 Å². The molecule has 1 aliphatic rings. The van der Waals surface area contributed by atoms with E-state index in [-0.39, 0.29) is 12.1 Å². The summed E-state index contributed by atoms with van der Waals surface area (Å²) < 4.78 is 9.93. The highest BCUT2D eigenvalue weighted by Gasteiger charge is 2.34. The third-order valence-electron chi connectivity index (χ3n) is 1.73. The average Bonchev–Trinajstić information content (AvgIpc) is 2.52. The molecular weight excluding hydrogens is 170 g/mol. The topological polar surface area (TPSA) is 47.9 Å². The number of aliphatic imine (C=N–C) groups is 1. The predicted molar refractivity (Wildman–Crippen MR) is 48.6 cm³/mol. The average molecular weight is 183 g/mol. The van der Waals surface area contributed by atoms with Gasteiger partial charge >= 0.3 is 5.97 Å². The number of carbonyl (C=O) groups excluding carboxylic acids is 1. The van der Waals surface area contributed by atoms with Crippen LogP contribution in [0.1, 0.15) is 13.8 Å². The van der Waals surface area contributed by atoms with Crippen LogP contribution in [0.4, 0.5) is 0 Å². The van der Waals surface area contributed by atoms with Crippen LogP contribution >= 0.6 is 0 Å². The molecule has 0 saturated carbocycles. The van der Waals surface area contributed by atoms with Crippen LogP contribution in [0.2, 0.25) is 0 Å². The van der Waals surface area contributed by atoms with E-state index in [0.29, 0.717) is 6.61 Å². The molecule has 0 aromatic carbocycles. The molecule has 0 radical (unpaired) electrons. The lowest BCUT2D eigenvalue weighted by molar-refractivity contribution is -0.145. The SMILES string of the molecule is C=C(C)[C@H]1OC=N[C@@H]1C(=O)OCC. The normalized spacial score (nSPS) is 25.4. The molecule has 0 amide bonds. The van der Waals surface area contributed by atoms with Gasteiger partial charge in [0.1, 0.15) is 0 Å². The number of hydrogen-bond acceptors (Lipinski definition) is 4. The van der Waals surface area contributed by atoms with Crippen LogP contribution in [0.15, 0.2) is 17.1 Å². The molecule has 0 fully saturated rings. The van der Waals surface area contributed by atoms with Crippen molar-refractivity contribution in [2.24, 2.45) is 4.99 Å². The smallest absolute Gasteiger partial charge is 0.335 e. The van der Waals surface area contributed by atoms with Gasteiger partial charge in [0, 0.05) is 0 Å². The molecule has 0 spiro atoms. The third kappa shape index (κ3) is 2.08. The van der Waals surface area contributed by atoms with E-state index in [4.69, 9.17) is 9.47 Å². The molecule has 4 nitrogen and oxygen atoms in total. The van der Waals surface area contributed by atoms with Gasteiger partial charge in [-0.3, -0.25) is 0 Å². The lowest BCUT2D eigenvalue weighted by Crippen LogP contribution is -2.32. The fraction of sp³-hybridized carbons (Fsp3) is 0.556. The molecule has 0 bridgehead atoms. The quantitative estimate of drug-likeness (QED) is 0.483. The van der Waals surface area contributed by atoms with Gasteiger partial charge in [-0.15, -0.1) is 0 Å². The summed E-state index contributed by atoms with van der Waals surface area (Å²) in [4.78, 5) is 15.2. The molecule has 1 rings (SSSR count). The number of esters is 1. The van der Waals surface area contributed by atoms with Gasteiger partial charge < -0.3 is 9.47 Å². The highest BCUT2D eigenvalue weighted by Crippen LogP contribution is 2.17. The first-order valence-corrected chi connectivity index (χ1v) is 4.16. The first-order valence-electron chi connectivity index (χ1n) is 4.16. The largest absolute Gasteiger partial charge is 0.473 e. The maximum Gasteiger partial charge on any atom is 0.335 e. The maximum atomic E-state index is 11.3. The highest BCUT2D eigenvalue weighted by atomic mass is 16.5. The molecule has 1 heterocycles. The molecule has 0 aromatic rings. The number of hydrogen-bond donors (Lipinski definition) is 0. The van der Waals surface area contributed by atoms with Gasteiger partial charge in [0.15, 0.2) is 18.5 Å². The Labute approximate surface area is 77.2 Å². The van der Waals surface area contributed by atoms with Gasteiger partial charge in [-0.1, -0.05) is 6.58 Å². The predicted octanol–water partition coefficient (Wildman–Crippen LogP) is 0.921. The number of rotatable bonds is 3. The molecule has 1 aliphatic heterocycles. The van der Waals surface area contributed by atoms with Crippen molar-refractivity contribution in [1.29, 1.82) is 0 Å². The van der Waals surface area contributed by atoms with Gasteiger partial charge in [-0.25, -0.2) is 9.79 Å². The molecule has 72 valence electrons. The summed E-state index contributed by atoms with van der Waals surface area (Å²) in [6, 6.07) is -0.572. The molecule has 0 N–H and O–H groups in total. The van der Waals surface area contributed by atoms with Gasteiger partial charge in [-0.05, 0) is 19.4 Å². The van der Waals surface area contributed by atoms with Crippen LogP contribution in [0.25, 0.3) is 0 Å². The highest BCUT2D eigenvalue weighted by molar-refractivity contribution is 5.80. The Morgan fingerprint density at radius 3 is 3.00 bits per heavy atom. The molecular formula is C9H13NO3. The molecule has 0 aromatic heterocycles. The van der Waals surface area contributed by atoms with Crippen molar-refractivity contribution in [3.8, 4) is 0 Å². The molecule has 4 heteroatoms. The van der Waals surface area contributed by atoms with Gasteiger partial charge in [-0.2, -0.15) is 0 Å². The standard InChI is InChI=1S/C9H13NO3/c1-4-12-9(11)7-8(6(2)3)13-5-10-7/h5,7-8H,2,4H2,1,3H3/t7-,8+/m0/s1. The molecule has 2 atom stereocenters. The van der Waals surface area contributed by atoms with Crippen molar-refractivity contribution >= 4 is 12.4 Å². The fourth-order valence-corrected chi connectivity index (χ4v) is 1.12. The van der Waals surface area contributed by atoms with Crippen LogP contribution in [-0.4, -0.2) is 31.1 Å². The minimum absolute atomic E-state index is 0.355. The Morgan fingerprint density at radius 2 is 2.46 bits per heavy atom. The van der Waals surface area contributed by atoms with Gasteiger partial charge in [0.2, 0.25) is 0 Å².